The Kier molecular flexibility index (Phi) is 7.23. The summed E-state index contributed by atoms with van der Waals surface area (Å²) >= 11 is 9.14. The SMILES string of the molecule is CCN(CC(=O)N[C@@H](C)c1ccc(Cl)cc1)S(=O)(=O)c1ccc(Br)cc1. The first-order valence-electron chi connectivity index (χ1n) is 8.04. The van der Waals surface area contributed by atoms with Gasteiger partial charge in [0.1, 0.15) is 0 Å². The standard InChI is InChI=1S/C18H20BrClN2O3S/c1-3-22(26(24,25)17-10-6-15(19)7-11-17)12-18(23)21-13(2)14-4-8-16(20)9-5-14/h4-11,13H,3,12H2,1-2H3,(H,21,23)/t13-/m0/s1. The van der Waals surface area contributed by atoms with Crippen LogP contribution in [0.25, 0.3) is 0 Å². The molecule has 0 aliphatic carbocycles. The van der Waals surface area contributed by atoms with Gasteiger partial charge in [0, 0.05) is 16.0 Å². The number of sulfonamides is 1. The van der Waals surface area contributed by atoms with Crippen molar-refractivity contribution in [3.05, 3.63) is 63.6 Å². The third kappa shape index (κ3) is 5.30. The van der Waals surface area contributed by atoms with Crippen molar-refractivity contribution < 1.29 is 13.2 Å². The Hall–Kier alpha value is -1.41. The normalized spacial score (nSPS) is 12.8. The Balaban J connectivity index is 2.07. The summed E-state index contributed by atoms with van der Waals surface area (Å²) in [6.07, 6.45) is 0. The van der Waals surface area contributed by atoms with E-state index in [0.29, 0.717) is 5.02 Å². The topological polar surface area (TPSA) is 66.5 Å². The minimum absolute atomic E-state index is 0.154. The van der Waals surface area contributed by atoms with Crippen LogP contribution in [0.3, 0.4) is 0 Å². The molecule has 8 heteroatoms. The molecule has 0 fully saturated rings. The van der Waals surface area contributed by atoms with Gasteiger partial charge in [0.15, 0.2) is 0 Å². The third-order valence-corrected chi connectivity index (χ3v) is 6.59. The van der Waals surface area contributed by atoms with Crippen LogP contribution in [0.15, 0.2) is 57.9 Å². The average Bonchev–Trinajstić information content (AvgIpc) is 2.60. The molecule has 0 aromatic heterocycles. The van der Waals surface area contributed by atoms with E-state index in [9.17, 15) is 13.2 Å². The molecule has 0 saturated carbocycles. The quantitative estimate of drug-likeness (QED) is 0.681. The number of halogens is 2. The number of nitrogens with zero attached hydrogens (tertiary/aromatic N) is 1. The minimum Gasteiger partial charge on any atom is -0.348 e. The molecular weight excluding hydrogens is 440 g/mol. The molecule has 0 unspecified atom stereocenters. The Bertz CT molecular complexity index is 855. The second kappa shape index (κ2) is 8.99. The van der Waals surface area contributed by atoms with Crippen LogP contribution in [0.5, 0.6) is 0 Å². The molecule has 0 bridgehead atoms. The number of benzene rings is 2. The molecule has 0 aliphatic rings. The van der Waals surface area contributed by atoms with Crippen molar-refractivity contribution in [2.75, 3.05) is 13.1 Å². The summed E-state index contributed by atoms with van der Waals surface area (Å²) in [5.74, 6) is -0.366. The first kappa shape index (κ1) is 20.9. The number of nitrogens with one attached hydrogen (secondary N) is 1. The van der Waals surface area contributed by atoms with Crippen molar-refractivity contribution in [3.8, 4) is 0 Å². The minimum atomic E-state index is -3.73. The lowest BCUT2D eigenvalue weighted by Gasteiger charge is -2.22. The van der Waals surface area contributed by atoms with Gasteiger partial charge < -0.3 is 5.32 Å². The highest BCUT2D eigenvalue weighted by Crippen LogP contribution is 2.19. The van der Waals surface area contributed by atoms with E-state index in [1.807, 2.05) is 19.1 Å². The van der Waals surface area contributed by atoms with Crippen LogP contribution in [0.1, 0.15) is 25.5 Å². The van der Waals surface area contributed by atoms with Gasteiger partial charge in [-0.15, -0.1) is 0 Å². The van der Waals surface area contributed by atoms with Gasteiger partial charge in [-0.3, -0.25) is 4.79 Å². The molecule has 5 nitrogen and oxygen atoms in total. The summed E-state index contributed by atoms with van der Waals surface area (Å²) in [4.78, 5) is 12.5. The van der Waals surface area contributed by atoms with Crippen LogP contribution < -0.4 is 5.32 Å². The monoisotopic (exact) mass is 458 g/mol. The third-order valence-electron chi connectivity index (χ3n) is 3.87. The highest BCUT2D eigenvalue weighted by molar-refractivity contribution is 9.10. The van der Waals surface area contributed by atoms with Crippen molar-refractivity contribution in [3.63, 3.8) is 0 Å². The van der Waals surface area contributed by atoms with Gasteiger partial charge in [0.05, 0.1) is 17.5 Å². The molecule has 1 atom stereocenters. The Morgan fingerprint density at radius 2 is 1.73 bits per heavy atom. The van der Waals surface area contributed by atoms with Gasteiger partial charge in [-0.2, -0.15) is 4.31 Å². The first-order valence-corrected chi connectivity index (χ1v) is 10.7. The summed E-state index contributed by atoms with van der Waals surface area (Å²) in [5.41, 5.74) is 0.890. The van der Waals surface area contributed by atoms with Gasteiger partial charge >= 0.3 is 0 Å². The van der Waals surface area contributed by atoms with Crippen LogP contribution >= 0.6 is 27.5 Å². The molecule has 2 rings (SSSR count). The van der Waals surface area contributed by atoms with Crippen molar-refractivity contribution in [2.45, 2.75) is 24.8 Å². The summed E-state index contributed by atoms with van der Waals surface area (Å²) in [6.45, 7) is 3.49. The van der Waals surface area contributed by atoms with Crippen LogP contribution in [0.4, 0.5) is 0 Å². The number of amides is 1. The zero-order chi connectivity index (χ0) is 19.3. The summed E-state index contributed by atoms with van der Waals surface area (Å²) in [7, 11) is -3.73. The maximum atomic E-state index is 12.7. The second-order valence-electron chi connectivity index (χ2n) is 5.73. The summed E-state index contributed by atoms with van der Waals surface area (Å²) in [6, 6.07) is 13.2. The molecule has 0 saturated heterocycles. The number of carbonyl (C=O) groups is 1. The summed E-state index contributed by atoms with van der Waals surface area (Å²) < 4.78 is 27.4. The highest BCUT2D eigenvalue weighted by Gasteiger charge is 2.25. The number of hydrogen-bond acceptors (Lipinski definition) is 3. The Morgan fingerprint density at radius 3 is 2.27 bits per heavy atom. The molecule has 0 heterocycles. The van der Waals surface area contributed by atoms with Gasteiger partial charge in [0.25, 0.3) is 0 Å². The fourth-order valence-corrected chi connectivity index (χ4v) is 4.20. The van der Waals surface area contributed by atoms with Gasteiger partial charge in [-0.1, -0.05) is 46.6 Å². The molecule has 1 amide bonds. The van der Waals surface area contributed by atoms with Gasteiger partial charge in [-0.25, -0.2) is 8.42 Å². The van der Waals surface area contributed by atoms with Crippen LogP contribution in [-0.4, -0.2) is 31.7 Å². The highest BCUT2D eigenvalue weighted by atomic mass is 79.9. The van der Waals surface area contributed by atoms with E-state index in [1.165, 1.54) is 12.1 Å². The maximum absolute atomic E-state index is 12.7. The van der Waals surface area contributed by atoms with E-state index < -0.39 is 10.0 Å². The molecule has 26 heavy (non-hydrogen) atoms. The maximum Gasteiger partial charge on any atom is 0.243 e. The largest absolute Gasteiger partial charge is 0.348 e. The molecule has 2 aromatic carbocycles. The van der Waals surface area contributed by atoms with Crippen LogP contribution in [-0.2, 0) is 14.8 Å². The zero-order valence-electron chi connectivity index (χ0n) is 14.4. The Morgan fingerprint density at radius 1 is 1.15 bits per heavy atom. The summed E-state index contributed by atoms with van der Waals surface area (Å²) in [5, 5.41) is 3.43. The lowest BCUT2D eigenvalue weighted by atomic mass is 10.1. The smallest absolute Gasteiger partial charge is 0.243 e. The van der Waals surface area contributed by atoms with Gasteiger partial charge in [-0.05, 0) is 48.9 Å². The molecule has 0 radical (unpaired) electrons. The van der Waals surface area contributed by atoms with Crippen molar-refractivity contribution >= 4 is 43.5 Å². The van der Waals surface area contributed by atoms with E-state index in [-0.39, 0.29) is 29.9 Å². The molecule has 0 spiro atoms. The molecule has 2 aromatic rings. The first-order chi connectivity index (χ1) is 12.2. The molecule has 1 N–H and O–H groups in total. The molecule has 0 aliphatic heterocycles. The van der Waals surface area contributed by atoms with Gasteiger partial charge in [0.2, 0.25) is 15.9 Å². The second-order valence-corrected chi connectivity index (χ2v) is 9.02. The van der Waals surface area contributed by atoms with Crippen molar-refractivity contribution in [1.29, 1.82) is 0 Å². The van der Waals surface area contributed by atoms with Crippen molar-refractivity contribution in [1.82, 2.24) is 9.62 Å². The number of carbonyl (C=O) groups excluding carboxylic acids is 1. The Labute approximate surface area is 167 Å². The number of rotatable bonds is 7. The molecule has 140 valence electrons. The predicted molar refractivity (Wildman–Crippen MR) is 107 cm³/mol. The zero-order valence-corrected chi connectivity index (χ0v) is 17.6. The average molecular weight is 460 g/mol. The van der Waals surface area contributed by atoms with E-state index in [4.69, 9.17) is 11.6 Å². The lowest BCUT2D eigenvalue weighted by molar-refractivity contribution is -0.121. The van der Waals surface area contributed by atoms with E-state index in [1.54, 1.807) is 31.2 Å². The lowest BCUT2D eigenvalue weighted by Crippen LogP contribution is -2.41. The fourth-order valence-electron chi connectivity index (χ4n) is 2.40. The number of hydrogen-bond donors (Lipinski definition) is 1. The molecular formula is C18H20BrClN2O3S. The van der Waals surface area contributed by atoms with E-state index >= 15 is 0 Å². The van der Waals surface area contributed by atoms with E-state index in [0.717, 1.165) is 14.3 Å². The fraction of sp³-hybridized carbons (Fsp3) is 0.278. The number of likely N-dealkylation sites (N-methyl/N-ethyl adjacent to an activating group) is 1. The van der Waals surface area contributed by atoms with E-state index in [2.05, 4.69) is 21.2 Å². The predicted octanol–water partition coefficient (Wildman–Crippen LogP) is 3.99. The van der Waals surface area contributed by atoms with Crippen LogP contribution in [0.2, 0.25) is 5.02 Å². The van der Waals surface area contributed by atoms with Crippen LogP contribution in [0, 0.1) is 0 Å². The van der Waals surface area contributed by atoms with Crippen molar-refractivity contribution in [2.24, 2.45) is 0 Å².